The molecule has 2 aromatic rings. The van der Waals surface area contributed by atoms with Crippen molar-refractivity contribution in [3.8, 4) is 0 Å². The molecule has 0 amide bonds. The second-order valence-electron chi connectivity index (χ2n) is 3.56. The number of anilines is 1. The molecule has 5 nitrogen and oxygen atoms in total. The van der Waals surface area contributed by atoms with E-state index in [9.17, 15) is 0 Å². The van der Waals surface area contributed by atoms with Crippen molar-refractivity contribution in [2.75, 3.05) is 5.73 Å². The highest BCUT2D eigenvalue weighted by molar-refractivity contribution is 5.83. The van der Waals surface area contributed by atoms with E-state index in [2.05, 4.69) is 15.1 Å². The van der Waals surface area contributed by atoms with Crippen molar-refractivity contribution in [2.24, 2.45) is 0 Å². The Bertz CT molecular complexity index is 475. The molecule has 2 heterocycles. The molecule has 2 rings (SSSR count). The highest BCUT2D eigenvalue weighted by Crippen LogP contribution is 2.25. The van der Waals surface area contributed by atoms with E-state index in [1.807, 2.05) is 13.8 Å². The van der Waals surface area contributed by atoms with Crippen LogP contribution in [0.1, 0.15) is 31.3 Å². The van der Waals surface area contributed by atoms with Gasteiger partial charge in [0.2, 0.25) is 5.58 Å². The zero-order valence-electron chi connectivity index (χ0n) is 8.40. The molecule has 2 aromatic heterocycles. The summed E-state index contributed by atoms with van der Waals surface area (Å²) in [6, 6.07) is 0. The van der Waals surface area contributed by atoms with Gasteiger partial charge in [-0.15, -0.1) is 0 Å². The van der Waals surface area contributed by atoms with Crippen LogP contribution in [0.4, 0.5) is 5.82 Å². The van der Waals surface area contributed by atoms with Crippen LogP contribution in [0.5, 0.6) is 0 Å². The fraction of sp³-hybridized carbons (Fsp3) is 0.444. The maximum atomic E-state index is 5.69. The molecule has 2 N–H and O–H groups in total. The van der Waals surface area contributed by atoms with Crippen LogP contribution in [-0.4, -0.2) is 15.1 Å². The molecule has 0 aliphatic heterocycles. The van der Waals surface area contributed by atoms with Gasteiger partial charge in [0.05, 0.1) is 0 Å². The summed E-state index contributed by atoms with van der Waals surface area (Å²) in [7, 11) is 0. The zero-order valence-corrected chi connectivity index (χ0v) is 8.40. The minimum absolute atomic E-state index is 0.268. The third-order valence-electron chi connectivity index (χ3n) is 2.03. The summed E-state index contributed by atoms with van der Waals surface area (Å²) in [6.45, 7) is 5.86. The summed E-state index contributed by atoms with van der Waals surface area (Å²) < 4.78 is 5.10. The highest BCUT2D eigenvalue weighted by Gasteiger charge is 2.16. The van der Waals surface area contributed by atoms with Gasteiger partial charge in [-0.25, -0.2) is 9.97 Å². The number of rotatable bonds is 1. The summed E-state index contributed by atoms with van der Waals surface area (Å²) in [5.41, 5.74) is 7.73. The van der Waals surface area contributed by atoms with Crippen LogP contribution in [0, 0.1) is 6.92 Å². The Morgan fingerprint density at radius 3 is 2.64 bits per heavy atom. The molecule has 0 aliphatic rings. The van der Waals surface area contributed by atoms with Gasteiger partial charge in [0.15, 0.2) is 5.82 Å². The maximum Gasteiger partial charge on any atom is 0.227 e. The van der Waals surface area contributed by atoms with Crippen molar-refractivity contribution in [3.63, 3.8) is 0 Å². The summed E-state index contributed by atoms with van der Waals surface area (Å²) in [4.78, 5) is 8.28. The number of aryl methyl sites for hydroxylation is 1. The number of nitrogen functional groups attached to an aromatic ring is 1. The number of nitrogens with two attached hydrogens (primary N) is 1. The van der Waals surface area contributed by atoms with E-state index in [1.165, 1.54) is 0 Å². The first-order chi connectivity index (χ1) is 6.59. The molecule has 0 aliphatic carbocycles. The second kappa shape index (κ2) is 2.94. The predicted molar refractivity (Wildman–Crippen MR) is 52.8 cm³/mol. The fourth-order valence-corrected chi connectivity index (χ4v) is 1.36. The number of hydrogen-bond donors (Lipinski definition) is 1. The predicted octanol–water partition coefficient (Wildman–Crippen LogP) is 1.63. The van der Waals surface area contributed by atoms with Gasteiger partial charge >= 0.3 is 0 Å². The van der Waals surface area contributed by atoms with Crippen LogP contribution >= 0.6 is 0 Å². The molecule has 0 fully saturated rings. The molecule has 0 saturated carbocycles. The van der Waals surface area contributed by atoms with Crippen LogP contribution in [0.15, 0.2) is 4.52 Å². The molecular weight excluding hydrogens is 180 g/mol. The molecule has 5 heteroatoms. The van der Waals surface area contributed by atoms with Crippen LogP contribution in [-0.2, 0) is 0 Å². The lowest BCUT2D eigenvalue weighted by molar-refractivity contribution is 0.442. The molecule has 74 valence electrons. The summed E-state index contributed by atoms with van der Waals surface area (Å²) in [5, 5.41) is 3.94. The second-order valence-corrected chi connectivity index (χ2v) is 3.56. The van der Waals surface area contributed by atoms with Crippen LogP contribution in [0.25, 0.3) is 11.1 Å². The average Bonchev–Trinajstić information content (AvgIpc) is 2.47. The Kier molecular flexibility index (Phi) is 1.87. The lowest BCUT2D eigenvalue weighted by Crippen LogP contribution is -1.97. The first kappa shape index (κ1) is 8.93. The van der Waals surface area contributed by atoms with Crippen molar-refractivity contribution in [1.82, 2.24) is 15.1 Å². The van der Waals surface area contributed by atoms with Gasteiger partial charge in [-0.1, -0.05) is 19.0 Å². The average molecular weight is 192 g/mol. The molecule has 0 spiro atoms. The van der Waals surface area contributed by atoms with E-state index < -0.39 is 0 Å². The zero-order chi connectivity index (χ0) is 10.3. The third-order valence-corrected chi connectivity index (χ3v) is 2.03. The molecule has 0 radical (unpaired) electrons. The molecule has 0 atom stereocenters. The molecule has 0 bridgehead atoms. The van der Waals surface area contributed by atoms with Crippen molar-refractivity contribution in [1.29, 1.82) is 0 Å². The fourth-order valence-electron chi connectivity index (χ4n) is 1.36. The SMILES string of the molecule is Cc1nc(N)c2onc(C(C)C)c2n1. The van der Waals surface area contributed by atoms with Crippen LogP contribution < -0.4 is 5.73 Å². The van der Waals surface area contributed by atoms with E-state index in [-0.39, 0.29) is 5.92 Å². The lowest BCUT2D eigenvalue weighted by Gasteiger charge is -1.99. The molecule has 0 unspecified atom stereocenters. The normalized spacial score (nSPS) is 11.4. The van der Waals surface area contributed by atoms with Gasteiger partial charge in [-0.3, -0.25) is 0 Å². The molecule has 14 heavy (non-hydrogen) atoms. The van der Waals surface area contributed by atoms with Gasteiger partial charge < -0.3 is 10.3 Å². The van der Waals surface area contributed by atoms with E-state index in [4.69, 9.17) is 10.3 Å². The largest absolute Gasteiger partial charge is 0.380 e. The first-order valence-electron chi connectivity index (χ1n) is 4.49. The van der Waals surface area contributed by atoms with Crippen molar-refractivity contribution < 1.29 is 4.52 Å². The highest BCUT2D eigenvalue weighted by atomic mass is 16.5. The van der Waals surface area contributed by atoms with E-state index in [0.717, 1.165) is 11.2 Å². The van der Waals surface area contributed by atoms with Gasteiger partial charge in [-0.2, -0.15) is 0 Å². The summed E-state index contributed by atoms with van der Waals surface area (Å²) in [6.07, 6.45) is 0. The quantitative estimate of drug-likeness (QED) is 0.743. The monoisotopic (exact) mass is 192 g/mol. The summed E-state index contributed by atoms with van der Waals surface area (Å²) in [5.74, 6) is 1.26. The number of aromatic nitrogens is 3. The van der Waals surface area contributed by atoms with Gasteiger partial charge in [0.1, 0.15) is 17.0 Å². The Morgan fingerprint density at radius 2 is 2.00 bits per heavy atom. The van der Waals surface area contributed by atoms with Gasteiger partial charge in [0.25, 0.3) is 0 Å². The van der Waals surface area contributed by atoms with Crippen molar-refractivity contribution in [3.05, 3.63) is 11.5 Å². The third kappa shape index (κ3) is 1.21. The minimum atomic E-state index is 0.268. The molecule has 0 aromatic carbocycles. The molecule has 0 saturated heterocycles. The molecular formula is C9H12N4O. The topological polar surface area (TPSA) is 77.8 Å². The van der Waals surface area contributed by atoms with Crippen molar-refractivity contribution in [2.45, 2.75) is 26.7 Å². The van der Waals surface area contributed by atoms with Gasteiger partial charge in [-0.05, 0) is 6.92 Å². The lowest BCUT2D eigenvalue weighted by atomic mass is 10.1. The first-order valence-corrected chi connectivity index (χ1v) is 4.49. The van der Waals surface area contributed by atoms with Crippen molar-refractivity contribution >= 4 is 16.9 Å². The van der Waals surface area contributed by atoms with E-state index >= 15 is 0 Å². The Balaban J connectivity index is 2.78. The summed E-state index contributed by atoms with van der Waals surface area (Å²) >= 11 is 0. The van der Waals surface area contributed by atoms with Crippen LogP contribution in [0.2, 0.25) is 0 Å². The van der Waals surface area contributed by atoms with E-state index in [1.54, 1.807) is 6.92 Å². The number of hydrogen-bond acceptors (Lipinski definition) is 5. The smallest absolute Gasteiger partial charge is 0.227 e. The maximum absolute atomic E-state index is 5.69. The Hall–Kier alpha value is -1.65. The Morgan fingerprint density at radius 1 is 1.29 bits per heavy atom. The number of fused-ring (bicyclic) bond motifs is 1. The number of nitrogens with zero attached hydrogens (tertiary/aromatic N) is 3. The van der Waals surface area contributed by atoms with E-state index in [0.29, 0.717) is 17.2 Å². The van der Waals surface area contributed by atoms with Crippen LogP contribution in [0.3, 0.4) is 0 Å². The Labute approximate surface area is 81.3 Å². The standard InChI is InChI=1S/C9H12N4O/c1-4(2)6-7-8(14-13-6)9(10)12-5(3)11-7/h4H,1-3H3,(H2,10,11,12). The van der Waals surface area contributed by atoms with Gasteiger partial charge in [0, 0.05) is 5.92 Å². The minimum Gasteiger partial charge on any atom is -0.380 e.